The van der Waals surface area contributed by atoms with Gasteiger partial charge in [0.2, 0.25) is 5.91 Å². The number of carboxylic acid groups (broad SMARTS) is 1. The molecule has 0 saturated carbocycles. The Labute approximate surface area is 159 Å². The molecule has 0 fully saturated rings. The smallest absolute Gasteiger partial charge is 0.335 e. The molecule has 1 unspecified atom stereocenters. The Morgan fingerprint density at radius 1 is 1.11 bits per heavy atom. The fourth-order valence-corrected chi connectivity index (χ4v) is 2.61. The molecule has 0 aliphatic heterocycles. The third-order valence-corrected chi connectivity index (χ3v) is 4.09. The van der Waals surface area contributed by atoms with Crippen LogP contribution in [0.15, 0.2) is 42.5 Å². The Bertz CT molecular complexity index is 786. The number of methoxy groups -OCH3 is 1. The van der Waals surface area contributed by atoms with E-state index >= 15 is 0 Å². The number of aromatic carboxylic acids is 1. The fraction of sp³-hybridized carbons (Fsp3) is 0.333. The number of carbonyl (C=O) groups is 2. The van der Waals surface area contributed by atoms with Crippen molar-refractivity contribution < 1.29 is 24.2 Å². The lowest BCUT2D eigenvalue weighted by atomic mass is 10.1. The van der Waals surface area contributed by atoms with Gasteiger partial charge in [-0.05, 0) is 48.7 Å². The largest absolute Gasteiger partial charge is 0.493 e. The first kappa shape index (κ1) is 20.3. The second-order valence-corrected chi connectivity index (χ2v) is 6.23. The zero-order chi connectivity index (χ0) is 19.8. The Kier molecular flexibility index (Phi) is 7.23. The SMILES string of the molecule is CCCOc1ccc(C(C)NC(=O)Cc2ccc(C(=O)O)cc2)cc1OC. The Balaban J connectivity index is 1.99. The summed E-state index contributed by atoms with van der Waals surface area (Å²) in [5, 5.41) is 11.9. The molecule has 2 rings (SSSR count). The zero-order valence-electron chi connectivity index (χ0n) is 15.8. The Morgan fingerprint density at radius 3 is 2.41 bits per heavy atom. The first-order valence-corrected chi connectivity index (χ1v) is 8.87. The standard InChI is InChI=1S/C21H25NO5/c1-4-11-27-18-10-9-17(13-19(18)26-3)14(2)22-20(23)12-15-5-7-16(8-6-15)21(24)25/h5-10,13-14H,4,11-12H2,1-3H3,(H,22,23)(H,24,25). The number of nitrogens with one attached hydrogen (secondary N) is 1. The molecule has 6 nitrogen and oxygen atoms in total. The highest BCUT2D eigenvalue weighted by atomic mass is 16.5. The third kappa shape index (κ3) is 5.74. The first-order chi connectivity index (χ1) is 12.9. The lowest BCUT2D eigenvalue weighted by Crippen LogP contribution is -2.28. The van der Waals surface area contributed by atoms with Gasteiger partial charge in [0.15, 0.2) is 11.5 Å². The molecule has 2 aromatic rings. The number of hydrogen-bond acceptors (Lipinski definition) is 4. The summed E-state index contributed by atoms with van der Waals surface area (Å²) in [4.78, 5) is 23.2. The molecule has 0 bridgehead atoms. The Hall–Kier alpha value is -3.02. The lowest BCUT2D eigenvalue weighted by Gasteiger charge is -2.17. The second kappa shape index (κ2) is 9.62. The number of hydrogen-bond donors (Lipinski definition) is 2. The van der Waals surface area contributed by atoms with Gasteiger partial charge in [-0.15, -0.1) is 0 Å². The lowest BCUT2D eigenvalue weighted by molar-refractivity contribution is -0.121. The first-order valence-electron chi connectivity index (χ1n) is 8.87. The molecule has 2 aromatic carbocycles. The van der Waals surface area contributed by atoms with E-state index in [1.165, 1.54) is 12.1 Å². The normalized spacial score (nSPS) is 11.5. The average molecular weight is 371 g/mol. The van der Waals surface area contributed by atoms with Crippen molar-refractivity contribution in [3.63, 3.8) is 0 Å². The quantitative estimate of drug-likeness (QED) is 0.703. The number of carbonyl (C=O) groups excluding carboxylic acids is 1. The fourth-order valence-electron chi connectivity index (χ4n) is 2.61. The predicted molar refractivity (Wildman–Crippen MR) is 102 cm³/mol. The van der Waals surface area contributed by atoms with Crippen molar-refractivity contribution in [2.24, 2.45) is 0 Å². The van der Waals surface area contributed by atoms with Gasteiger partial charge in [-0.25, -0.2) is 4.79 Å². The highest BCUT2D eigenvalue weighted by molar-refractivity contribution is 5.87. The summed E-state index contributed by atoms with van der Waals surface area (Å²) in [5.41, 5.74) is 1.86. The van der Waals surface area contributed by atoms with Crippen LogP contribution in [0.5, 0.6) is 11.5 Å². The van der Waals surface area contributed by atoms with Crippen molar-refractivity contribution in [3.05, 3.63) is 59.2 Å². The molecule has 1 amide bonds. The maximum Gasteiger partial charge on any atom is 0.335 e. The summed E-state index contributed by atoms with van der Waals surface area (Å²) < 4.78 is 11.0. The molecule has 27 heavy (non-hydrogen) atoms. The van der Waals surface area contributed by atoms with E-state index in [4.69, 9.17) is 14.6 Å². The molecule has 0 aliphatic carbocycles. The minimum absolute atomic E-state index is 0.143. The number of benzene rings is 2. The van der Waals surface area contributed by atoms with Gasteiger partial charge in [-0.2, -0.15) is 0 Å². The van der Waals surface area contributed by atoms with E-state index in [1.54, 1.807) is 19.2 Å². The van der Waals surface area contributed by atoms with Crippen molar-refractivity contribution >= 4 is 11.9 Å². The summed E-state index contributed by atoms with van der Waals surface area (Å²) in [5.74, 6) is 0.183. The highest BCUT2D eigenvalue weighted by Crippen LogP contribution is 2.30. The van der Waals surface area contributed by atoms with E-state index in [-0.39, 0.29) is 23.9 Å². The number of ether oxygens (including phenoxy) is 2. The van der Waals surface area contributed by atoms with Gasteiger partial charge < -0.3 is 19.9 Å². The molecule has 144 valence electrons. The topological polar surface area (TPSA) is 84.9 Å². The van der Waals surface area contributed by atoms with Gasteiger partial charge in [0.1, 0.15) is 0 Å². The molecule has 1 atom stereocenters. The van der Waals surface area contributed by atoms with Crippen molar-refractivity contribution in [1.82, 2.24) is 5.32 Å². The molecule has 0 spiro atoms. The summed E-state index contributed by atoms with van der Waals surface area (Å²) >= 11 is 0. The molecular weight excluding hydrogens is 346 g/mol. The molecule has 6 heteroatoms. The highest BCUT2D eigenvalue weighted by Gasteiger charge is 2.14. The van der Waals surface area contributed by atoms with Crippen molar-refractivity contribution in [3.8, 4) is 11.5 Å². The van der Waals surface area contributed by atoms with E-state index < -0.39 is 5.97 Å². The minimum Gasteiger partial charge on any atom is -0.493 e. The molecular formula is C21H25NO5. The molecule has 0 aromatic heterocycles. The molecule has 0 aliphatic rings. The molecule has 0 radical (unpaired) electrons. The monoisotopic (exact) mass is 371 g/mol. The van der Waals surface area contributed by atoms with Crippen molar-refractivity contribution in [2.45, 2.75) is 32.7 Å². The average Bonchev–Trinajstić information content (AvgIpc) is 2.66. The zero-order valence-corrected chi connectivity index (χ0v) is 15.8. The van der Waals surface area contributed by atoms with Gasteiger partial charge in [-0.3, -0.25) is 4.79 Å². The second-order valence-electron chi connectivity index (χ2n) is 6.23. The minimum atomic E-state index is -0.986. The van der Waals surface area contributed by atoms with Crippen LogP contribution >= 0.6 is 0 Å². The van der Waals surface area contributed by atoms with Crippen LogP contribution in [0.1, 0.15) is 47.8 Å². The van der Waals surface area contributed by atoms with Crippen LogP contribution < -0.4 is 14.8 Å². The third-order valence-electron chi connectivity index (χ3n) is 4.09. The van der Waals surface area contributed by atoms with Gasteiger partial charge in [0, 0.05) is 0 Å². The Morgan fingerprint density at radius 2 is 1.81 bits per heavy atom. The molecule has 0 heterocycles. The van der Waals surface area contributed by atoms with Crippen molar-refractivity contribution in [2.75, 3.05) is 13.7 Å². The van der Waals surface area contributed by atoms with E-state index in [0.717, 1.165) is 17.5 Å². The maximum absolute atomic E-state index is 12.3. The van der Waals surface area contributed by atoms with E-state index in [0.29, 0.717) is 18.1 Å². The summed E-state index contributed by atoms with van der Waals surface area (Å²) in [6, 6.07) is 11.7. The van der Waals surface area contributed by atoms with Crippen LogP contribution in [0.25, 0.3) is 0 Å². The van der Waals surface area contributed by atoms with Gasteiger partial charge >= 0.3 is 5.97 Å². The summed E-state index contributed by atoms with van der Waals surface area (Å²) in [6.07, 6.45) is 1.09. The van der Waals surface area contributed by atoms with Crippen molar-refractivity contribution in [1.29, 1.82) is 0 Å². The summed E-state index contributed by atoms with van der Waals surface area (Å²) in [6.45, 7) is 4.54. The van der Waals surface area contributed by atoms with Gasteiger partial charge in [0.05, 0.1) is 31.7 Å². The summed E-state index contributed by atoms with van der Waals surface area (Å²) in [7, 11) is 1.59. The van der Waals surface area contributed by atoms with Crippen LogP contribution in [0.4, 0.5) is 0 Å². The number of carboxylic acids is 1. The van der Waals surface area contributed by atoms with Gasteiger partial charge in [0.25, 0.3) is 0 Å². The molecule has 0 saturated heterocycles. The van der Waals surface area contributed by atoms with Gasteiger partial charge in [-0.1, -0.05) is 25.1 Å². The van der Waals surface area contributed by atoms with Crippen LogP contribution in [0, 0.1) is 0 Å². The number of amides is 1. The van der Waals surface area contributed by atoms with Crippen LogP contribution in [0.2, 0.25) is 0 Å². The van der Waals surface area contributed by atoms with E-state index in [1.807, 2.05) is 32.0 Å². The predicted octanol–water partition coefficient (Wildman–Crippen LogP) is 3.60. The van der Waals surface area contributed by atoms with Crippen LogP contribution in [-0.2, 0) is 11.2 Å². The maximum atomic E-state index is 12.3. The van der Waals surface area contributed by atoms with E-state index in [2.05, 4.69) is 5.32 Å². The van der Waals surface area contributed by atoms with E-state index in [9.17, 15) is 9.59 Å². The van der Waals surface area contributed by atoms with Crippen LogP contribution in [-0.4, -0.2) is 30.7 Å². The molecule has 2 N–H and O–H groups in total. The number of rotatable bonds is 9. The van der Waals surface area contributed by atoms with Crippen LogP contribution in [0.3, 0.4) is 0 Å².